The van der Waals surface area contributed by atoms with Gasteiger partial charge >= 0.3 is 12.1 Å². The molecule has 0 spiro atoms. The highest BCUT2D eigenvalue weighted by atomic mass is 16.6. The molecular weight excluding hydrogens is 330 g/mol. The summed E-state index contributed by atoms with van der Waals surface area (Å²) in [6, 6.07) is 14.3. The van der Waals surface area contributed by atoms with Crippen molar-refractivity contribution in [1.82, 2.24) is 5.32 Å². The lowest BCUT2D eigenvalue weighted by atomic mass is 9.92. The first-order valence-electron chi connectivity index (χ1n) is 8.70. The molecule has 0 aliphatic carbocycles. The van der Waals surface area contributed by atoms with Gasteiger partial charge in [0.15, 0.2) is 0 Å². The second kappa shape index (κ2) is 7.77. The Hall–Kier alpha value is -2.56. The van der Waals surface area contributed by atoms with E-state index in [2.05, 4.69) is 29.6 Å². The number of esters is 1. The zero-order valence-electron chi connectivity index (χ0n) is 16.1. The van der Waals surface area contributed by atoms with Crippen LogP contribution in [0.4, 0.5) is 4.79 Å². The fraction of sp³-hybridized carbons (Fsp3) is 0.429. The van der Waals surface area contributed by atoms with Gasteiger partial charge in [0.05, 0.1) is 7.11 Å². The molecule has 0 fully saturated rings. The molecule has 0 saturated heterocycles. The van der Waals surface area contributed by atoms with Gasteiger partial charge in [-0.1, -0.05) is 42.5 Å². The molecule has 5 nitrogen and oxygen atoms in total. The first-order chi connectivity index (χ1) is 12.1. The zero-order valence-corrected chi connectivity index (χ0v) is 16.1. The topological polar surface area (TPSA) is 64.6 Å². The van der Waals surface area contributed by atoms with Crippen molar-refractivity contribution in [2.24, 2.45) is 0 Å². The summed E-state index contributed by atoms with van der Waals surface area (Å²) in [6.45, 7) is 6.98. The van der Waals surface area contributed by atoms with E-state index in [0.29, 0.717) is 12.8 Å². The van der Waals surface area contributed by atoms with Gasteiger partial charge in [0.2, 0.25) is 0 Å². The maximum Gasteiger partial charge on any atom is 0.408 e. The van der Waals surface area contributed by atoms with Crippen LogP contribution in [0.3, 0.4) is 0 Å². The number of aryl methyl sites for hydroxylation is 1. The van der Waals surface area contributed by atoms with Crippen LogP contribution >= 0.6 is 0 Å². The highest BCUT2D eigenvalue weighted by Gasteiger charge is 2.37. The Morgan fingerprint density at radius 3 is 2.27 bits per heavy atom. The van der Waals surface area contributed by atoms with Crippen LogP contribution < -0.4 is 5.32 Å². The molecule has 0 aromatic heterocycles. The monoisotopic (exact) mass is 357 g/mol. The minimum atomic E-state index is -1.16. The van der Waals surface area contributed by atoms with E-state index < -0.39 is 23.2 Å². The van der Waals surface area contributed by atoms with Crippen LogP contribution in [0.5, 0.6) is 0 Å². The molecule has 2 rings (SSSR count). The summed E-state index contributed by atoms with van der Waals surface area (Å²) in [6.07, 6.45) is 0.382. The molecular formula is C21H27NO4. The Kier molecular flexibility index (Phi) is 5.90. The van der Waals surface area contributed by atoms with E-state index in [0.717, 1.165) is 10.9 Å². The number of hydrogen-bond acceptors (Lipinski definition) is 4. The average molecular weight is 357 g/mol. The average Bonchev–Trinajstić information content (AvgIpc) is 2.57. The molecule has 2 aromatic carbocycles. The van der Waals surface area contributed by atoms with E-state index in [1.807, 2.05) is 18.2 Å². The Bertz CT molecular complexity index is 794. The number of benzene rings is 2. The van der Waals surface area contributed by atoms with E-state index in [1.54, 1.807) is 27.7 Å². The molecule has 2 aromatic rings. The molecule has 1 unspecified atom stereocenters. The summed E-state index contributed by atoms with van der Waals surface area (Å²) in [5.74, 6) is -0.496. The van der Waals surface area contributed by atoms with E-state index in [1.165, 1.54) is 12.5 Å². The van der Waals surface area contributed by atoms with Crippen molar-refractivity contribution in [3.63, 3.8) is 0 Å². The number of fused-ring (bicyclic) bond motifs is 1. The van der Waals surface area contributed by atoms with Gasteiger partial charge < -0.3 is 14.8 Å². The van der Waals surface area contributed by atoms with Crippen LogP contribution in [-0.4, -0.2) is 30.3 Å². The van der Waals surface area contributed by atoms with Crippen LogP contribution in [0.25, 0.3) is 10.8 Å². The van der Waals surface area contributed by atoms with Crippen LogP contribution in [-0.2, 0) is 20.7 Å². The summed E-state index contributed by atoms with van der Waals surface area (Å²) in [5, 5.41) is 4.98. The molecule has 0 heterocycles. The molecule has 5 heteroatoms. The lowest BCUT2D eigenvalue weighted by molar-refractivity contribution is -0.148. The minimum Gasteiger partial charge on any atom is -0.467 e. The molecule has 0 saturated carbocycles. The van der Waals surface area contributed by atoms with Gasteiger partial charge in [-0.2, -0.15) is 0 Å². The number of alkyl carbamates (subject to hydrolysis) is 1. The van der Waals surface area contributed by atoms with Crippen LogP contribution in [0.15, 0.2) is 42.5 Å². The predicted molar refractivity (Wildman–Crippen MR) is 102 cm³/mol. The van der Waals surface area contributed by atoms with Crippen LogP contribution in [0, 0.1) is 0 Å². The molecule has 0 aliphatic heterocycles. The van der Waals surface area contributed by atoms with Crippen molar-refractivity contribution in [1.29, 1.82) is 0 Å². The second-order valence-corrected chi connectivity index (χ2v) is 7.63. The fourth-order valence-corrected chi connectivity index (χ4v) is 2.76. The summed E-state index contributed by atoms with van der Waals surface area (Å²) >= 11 is 0. The Balaban J connectivity index is 2.13. The van der Waals surface area contributed by atoms with Gasteiger partial charge in [-0.3, -0.25) is 0 Å². The predicted octanol–water partition coefficient (Wildman–Crippen LogP) is 4.23. The second-order valence-electron chi connectivity index (χ2n) is 7.63. The largest absolute Gasteiger partial charge is 0.467 e. The number of rotatable bonds is 5. The number of methoxy groups -OCH3 is 1. The SMILES string of the molecule is COC(=O)C(C)(CCc1ccc2ccccc2c1)NC(=O)OC(C)(C)C. The molecule has 26 heavy (non-hydrogen) atoms. The number of nitrogens with one attached hydrogen (secondary N) is 1. The molecule has 0 radical (unpaired) electrons. The first-order valence-corrected chi connectivity index (χ1v) is 8.70. The van der Waals surface area contributed by atoms with E-state index in [4.69, 9.17) is 9.47 Å². The third kappa shape index (κ3) is 5.22. The van der Waals surface area contributed by atoms with Crippen molar-refractivity contribution in [3.8, 4) is 0 Å². The highest BCUT2D eigenvalue weighted by molar-refractivity contribution is 5.85. The Labute approximate surface area is 154 Å². The van der Waals surface area contributed by atoms with Crippen molar-refractivity contribution in [2.75, 3.05) is 7.11 Å². The third-order valence-corrected chi connectivity index (χ3v) is 4.14. The Morgan fingerprint density at radius 2 is 1.65 bits per heavy atom. The molecule has 1 amide bonds. The van der Waals surface area contributed by atoms with Crippen molar-refractivity contribution in [3.05, 3.63) is 48.0 Å². The van der Waals surface area contributed by atoms with Gasteiger partial charge in [-0.05, 0) is 56.9 Å². The molecule has 1 N–H and O–H groups in total. The molecule has 0 bridgehead atoms. The summed E-state index contributed by atoms with van der Waals surface area (Å²) in [5.41, 5.74) is -0.716. The van der Waals surface area contributed by atoms with Crippen molar-refractivity contribution in [2.45, 2.75) is 51.7 Å². The maximum absolute atomic E-state index is 12.3. The molecule has 140 valence electrons. The van der Waals surface area contributed by atoms with Gasteiger partial charge in [0.25, 0.3) is 0 Å². The van der Waals surface area contributed by atoms with Gasteiger partial charge in [-0.15, -0.1) is 0 Å². The van der Waals surface area contributed by atoms with E-state index in [9.17, 15) is 9.59 Å². The van der Waals surface area contributed by atoms with Crippen LogP contribution in [0.2, 0.25) is 0 Å². The smallest absolute Gasteiger partial charge is 0.408 e. The van der Waals surface area contributed by atoms with Crippen molar-refractivity contribution >= 4 is 22.8 Å². The fourth-order valence-electron chi connectivity index (χ4n) is 2.76. The van der Waals surface area contributed by atoms with E-state index >= 15 is 0 Å². The normalized spacial score (nSPS) is 13.7. The standard InChI is InChI=1S/C21H27NO4/c1-20(2,3)26-19(24)22-21(4,18(23)25-5)13-12-15-10-11-16-8-6-7-9-17(16)14-15/h6-11,14H,12-13H2,1-5H3,(H,22,24). The lowest BCUT2D eigenvalue weighted by Crippen LogP contribution is -2.54. The Morgan fingerprint density at radius 1 is 1.00 bits per heavy atom. The lowest BCUT2D eigenvalue weighted by Gasteiger charge is -2.29. The molecule has 1 atom stereocenters. The van der Waals surface area contributed by atoms with E-state index in [-0.39, 0.29) is 0 Å². The molecule has 0 aliphatic rings. The summed E-state index contributed by atoms with van der Waals surface area (Å²) < 4.78 is 10.2. The van der Waals surface area contributed by atoms with Gasteiger partial charge in [0, 0.05) is 0 Å². The highest BCUT2D eigenvalue weighted by Crippen LogP contribution is 2.21. The van der Waals surface area contributed by atoms with Gasteiger partial charge in [-0.25, -0.2) is 9.59 Å². The maximum atomic E-state index is 12.3. The first kappa shape index (κ1) is 19.8. The van der Waals surface area contributed by atoms with Crippen molar-refractivity contribution < 1.29 is 19.1 Å². The van der Waals surface area contributed by atoms with Crippen LogP contribution in [0.1, 0.15) is 39.7 Å². The number of carbonyl (C=O) groups excluding carboxylic acids is 2. The summed E-state index contributed by atoms with van der Waals surface area (Å²) in [4.78, 5) is 24.4. The number of amides is 1. The minimum absolute atomic E-state index is 0.400. The van der Waals surface area contributed by atoms with Gasteiger partial charge in [0.1, 0.15) is 11.1 Å². The quantitative estimate of drug-likeness (QED) is 0.814. The number of ether oxygens (including phenoxy) is 2. The number of carbonyl (C=O) groups is 2. The third-order valence-electron chi connectivity index (χ3n) is 4.14. The zero-order chi connectivity index (χ0) is 19.4. The number of hydrogen-bond donors (Lipinski definition) is 1. The summed E-state index contributed by atoms with van der Waals surface area (Å²) in [7, 11) is 1.31.